The fraction of sp³-hybridized carbons (Fsp3) is 1.00. The Balaban J connectivity index is 2.02. The molecule has 3 nitrogen and oxygen atoms in total. The monoisotopic (exact) mass is 297 g/mol. The summed E-state index contributed by atoms with van der Waals surface area (Å²) < 4.78 is 11.8. The number of rotatable bonds is 7. The first-order chi connectivity index (χ1) is 10.2. The molecule has 1 N–H and O–H groups in total. The Hall–Kier alpha value is -0.120. The molecule has 0 radical (unpaired) electrons. The van der Waals surface area contributed by atoms with Gasteiger partial charge in [-0.3, -0.25) is 0 Å². The highest BCUT2D eigenvalue weighted by Gasteiger charge is 2.42. The molecule has 2 heterocycles. The smallest absolute Gasteiger partial charge is 0.0729 e. The zero-order chi connectivity index (χ0) is 15.1. The molecule has 2 saturated heterocycles. The predicted molar refractivity (Wildman–Crippen MR) is 87.6 cm³/mol. The predicted octanol–water partition coefficient (Wildman–Crippen LogP) is 3.77. The Bertz CT molecular complexity index is 277. The third-order valence-corrected chi connectivity index (χ3v) is 5.60. The highest BCUT2D eigenvalue weighted by molar-refractivity contribution is 4.94. The molecule has 2 atom stereocenters. The van der Waals surface area contributed by atoms with E-state index >= 15 is 0 Å². The van der Waals surface area contributed by atoms with E-state index in [2.05, 4.69) is 26.2 Å². The van der Waals surface area contributed by atoms with Crippen molar-refractivity contribution >= 4 is 0 Å². The molecule has 124 valence electrons. The first-order valence-corrected chi connectivity index (χ1v) is 9.13. The van der Waals surface area contributed by atoms with Gasteiger partial charge in [0.15, 0.2) is 0 Å². The molecule has 2 aliphatic heterocycles. The van der Waals surface area contributed by atoms with E-state index in [4.69, 9.17) is 9.47 Å². The molecule has 2 unspecified atom stereocenters. The van der Waals surface area contributed by atoms with E-state index in [-0.39, 0.29) is 5.60 Å². The van der Waals surface area contributed by atoms with E-state index in [1.54, 1.807) is 0 Å². The lowest BCUT2D eigenvalue weighted by Crippen LogP contribution is -2.50. The molecule has 0 aromatic carbocycles. The lowest BCUT2D eigenvalue weighted by molar-refractivity contribution is -0.151. The fourth-order valence-electron chi connectivity index (χ4n) is 4.57. The maximum Gasteiger partial charge on any atom is 0.0729 e. The number of nitrogens with one attached hydrogen (secondary N) is 1. The molecule has 0 aliphatic carbocycles. The molecular formula is C18H35NO2. The second-order valence-corrected chi connectivity index (χ2v) is 7.05. The van der Waals surface area contributed by atoms with Crippen molar-refractivity contribution in [2.24, 2.45) is 11.8 Å². The SMILES string of the molecule is CCCC(CCC)C(NC)C1CCOC2(CCOCC2)C1. The zero-order valence-corrected chi connectivity index (χ0v) is 14.3. The Morgan fingerprint density at radius 1 is 1.10 bits per heavy atom. The van der Waals surface area contributed by atoms with Gasteiger partial charge in [-0.15, -0.1) is 0 Å². The van der Waals surface area contributed by atoms with Crippen LogP contribution in [0.5, 0.6) is 0 Å². The van der Waals surface area contributed by atoms with Gasteiger partial charge in [0.2, 0.25) is 0 Å². The van der Waals surface area contributed by atoms with Gasteiger partial charge < -0.3 is 14.8 Å². The van der Waals surface area contributed by atoms with E-state index in [0.717, 1.165) is 44.5 Å². The van der Waals surface area contributed by atoms with Crippen molar-refractivity contribution in [1.29, 1.82) is 0 Å². The Labute approximate surface area is 131 Å². The minimum atomic E-state index is 0.124. The molecule has 0 bridgehead atoms. The summed E-state index contributed by atoms with van der Waals surface area (Å²) in [7, 11) is 2.16. The first kappa shape index (κ1) is 17.2. The van der Waals surface area contributed by atoms with Gasteiger partial charge in [0, 0.05) is 25.9 Å². The average molecular weight is 297 g/mol. The average Bonchev–Trinajstić information content (AvgIpc) is 2.49. The van der Waals surface area contributed by atoms with E-state index in [0.29, 0.717) is 6.04 Å². The second-order valence-electron chi connectivity index (χ2n) is 7.05. The third-order valence-electron chi connectivity index (χ3n) is 5.60. The van der Waals surface area contributed by atoms with Crippen molar-refractivity contribution in [2.45, 2.75) is 76.9 Å². The van der Waals surface area contributed by atoms with Gasteiger partial charge in [0.05, 0.1) is 5.60 Å². The van der Waals surface area contributed by atoms with Crippen molar-refractivity contribution < 1.29 is 9.47 Å². The van der Waals surface area contributed by atoms with Gasteiger partial charge in [0.1, 0.15) is 0 Å². The maximum absolute atomic E-state index is 6.22. The van der Waals surface area contributed by atoms with Gasteiger partial charge in [-0.1, -0.05) is 26.7 Å². The van der Waals surface area contributed by atoms with Crippen LogP contribution in [0.2, 0.25) is 0 Å². The first-order valence-electron chi connectivity index (χ1n) is 9.13. The molecule has 0 aromatic heterocycles. The van der Waals surface area contributed by atoms with E-state index in [1.807, 2.05) is 0 Å². The number of hydrogen-bond acceptors (Lipinski definition) is 3. The number of hydrogen-bond donors (Lipinski definition) is 1. The molecule has 1 spiro atoms. The van der Waals surface area contributed by atoms with Gasteiger partial charge >= 0.3 is 0 Å². The van der Waals surface area contributed by atoms with Crippen molar-refractivity contribution in [3.05, 3.63) is 0 Å². The van der Waals surface area contributed by atoms with Gasteiger partial charge in [0.25, 0.3) is 0 Å². The van der Waals surface area contributed by atoms with Gasteiger partial charge in [-0.05, 0) is 57.4 Å². The highest BCUT2D eigenvalue weighted by Crippen LogP contribution is 2.40. The van der Waals surface area contributed by atoms with E-state index < -0.39 is 0 Å². The summed E-state index contributed by atoms with van der Waals surface area (Å²) in [6.45, 7) is 7.33. The highest BCUT2D eigenvalue weighted by atomic mass is 16.5. The van der Waals surface area contributed by atoms with Crippen LogP contribution in [0.1, 0.15) is 65.2 Å². The van der Waals surface area contributed by atoms with Crippen LogP contribution < -0.4 is 5.32 Å². The van der Waals surface area contributed by atoms with Crippen LogP contribution in [0.4, 0.5) is 0 Å². The topological polar surface area (TPSA) is 30.5 Å². The third kappa shape index (κ3) is 4.43. The normalized spacial score (nSPS) is 27.1. The molecule has 2 aliphatic rings. The number of ether oxygens (including phenoxy) is 2. The summed E-state index contributed by atoms with van der Waals surface area (Å²) in [5.74, 6) is 1.59. The molecule has 3 heteroatoms. The fourth-order valence-corrected chi connectivity index (χ4v) is 4.57. The Morgan fingerprint density at radius 3 is 2.33 bits per heavy atom. The summed E-state index contributed by atoms with van der Waals surface area (Å²) in [4.78, 5) is 0. The minimum absolute atomic E-state index is 0.124. The Morgan fingerprint density at radius 2 is 1.76 bits per heavy atom. The van der Waals surface area contributed by atoms with Crippen molar-refractivity contribution in [1.82, 2.24) is 5.32 Å². The largest absolute Gasteiger partial charge is 0.381 e. The lowest BCUT2D eigenvalue weighted by Gasteiger charge is -2.46. The molecule has 2 rings (SSSR count). The van der Waals surface area contributed by atoms with Crippen molar-refractivity contribution in [2.75, 3.05) is 26.9 Å². The van der Waals surface area contributed by atoms with Crippen molar-refractivity contribution in [3.63, 3.8) is 0 Å². The van der Waals surface area contributed by atoms with E-state index in [9.17, 15) is 0 Å². The van der Waals surface area contributed by atoms with E-state index in [1.165, 1.54) is 38.5 Å². The van der Waals surface area contributed by atoms with Crippen LogP contribution in [0.3, 0.4) is 0 Å². The van der Waals surface area contributed by atoms with Crippen LogP contribution in [0.25, 0.3) is 0 Å². The molecule has 0 aromatic rings. The maximum atomic E-state index is 6.22. The quantitative estimate of drug-likeness (QED) is 0.776. The Kier molecular flexibility index (Phi) is 6.97. The van der Waals surface area contributed by atoms with Crippen LogP contribution in [-0.2, 0) is 9.47 Å². The summed E-state index contributed by atoms with van der Waals surface area (Å²) in [5.41, 5.74) is 0.124. The van der Waals surface area contributed by atoms with Gasteiger partial charge in [-0.25, -0.2) is 0 Å². The molecule has 21 heavy (non-hydrogen) atoms. The van der Waals surface area contributed by atoms with Gasteiger partial charge in [-0.2, -0.15) is 0 Å². The van der Waals surface area contributed by atoms with Crippen LogP contribution >= 0.6 is 0 Å². The van der Waals surface area contributed by atoms with Crippen LogP contribution in [0, 0.1) is 11.8 Å². The summed E-state index contributed by atoms with van der Waals surface area (Å²) >= 11 is 0. The lowest BCUT2D eigenvalue weighted by atomic mass is 9.73. The minimum Gasteiger partial charge on any atom is -0.381 e. The molecule has 0 amide bonds. The summed E-state index contributed by atoms with van der Waals surface area (Å²) in [6, 6.07) is 0.661. The summed E-state index contributed by atoms with van der Waals surface area (Å²) in [6.07, 6.45) is 9.93. The van der Waals surface area contributed by atoms with Crippen LogP contribution in [0.15, 0.2) is 0 Å². The standard InChI is InChI=1S/C18H35NO2/c1-4-6-15(7-5-2)17(19-3)16-8-11-21-18(14-16)9-12-20-13-10-18/h15-17,19H,4-14H2,1-3H3. The molecule has 2 fully saturated rings. The molecular weight excluding hydrogens is 262 g/mol. The van der Waals surface area contributed by atoms with Crippen molar-refractivity contribution in [3.8, 4) is 0 Å². The second kappa shape index (κ2) is 8.50. The van der Waals surface area contributed by atoms with Crippen LogP contribution in [-0.4, -0.2) is 38.5 Å². The zero-order valence-electron chi connectivity index (χ0n) is 14.3. The molecule has 0 saturated carbocycles. The summed E-state index contributed by atoms with van der Waals surface area (Å²) in [5, 5.41) is 3.68.